The maximum atomic E-state index is 11.5. The Labute approximate surface area is 104 Å². The molecule has 0 aromatic rings. The van der Waals surface area contributed by atoms with Gasteiger partial charge in [-0.25, -0.2) is 0 Å². The number of carbonyl (C=O) groups is 1. The van der Waals surface area contributed by atoms with Crippen molar-refractivity contribution < 1.29 is 4.79 Å². The highest BCUT2D eigenvalue weighted by atomic mass is 16.1. The largest absolute Gasteiger partial charge is 0.353 e. The van der Waals surface area contributed by atoms with Crippen molar-refractivity contribution in [2.45, 2.75) is 51.6 Å². The zero-order valence-electron chi connectivity index (χ0n) is 11.0. The van der Waals surface area contributed by atoms with Crippen molar-refractivity contribution in [3.63, 3.8) is 0 Å². The Hall–Kier alpha value is -0.610. The number of hydrogen-bond donors (Lipinski definition) is 3. The van der Waals surface area contributed by atoms with Crippen LogP contribution in [0.3, 0.4) is 0 Å². The third kappa shape index (κ3) is 3.96. The number of rotatable bonds is 5. The van der Waals surface area contributed by atoms with Crippen LogP contribution >= 0.6 is 0 Å². The van der Waals surface area contributed by atoms with Crippen LogP contribution in [0.1, 0.15) is 39.5 Å². The molecule has 0 bridgehead atoms. The molecule has 2 rings (SSSR count). The van der Waals surface area contributed by atoms with Gasteiger partial charge < -0.3 is 16.0 Å². The second kappa shape index (κ2) is 5.36. The third-order valence-electron chi connectivity index (χ3n) is 3.82. The molecule has 0 aromatic heterocycles. The SMILES string of the molecule is CC1(C)CNCCC1NCCC(=O)NC1CC1. The summed E-state index contributed by atoms with van der Waals surface area (Å²) in [5, 5.41) is 9.98. The van der Waals surface area contributed by atoms with Crippen molar-refractivity contribution in [2.24, 2.45) is 5.41 Å². The van der Waals surface area contributed by atoms with Gasteiger partial charge in [-0.2, -0.15) is 0 Å². The van der Waals surface area contributed by atoms with Crippen LogP contribution in [-0.4, -0.2) is 37.6 Å². The standard InChI is InChI=1S/C13H25N3O/c1-13(2)9-14-7-5-11(13)15-8-6-12(17)16-10-3-4-10/h10-11,14-15H,3-9H2,1-2H3,(H,16,17). The van der Waals surface area contributed by atoms with Crippen LogP contribution in [-0.2, 0) is 4.79 Å². The van der Waals surface area contributed by atoms with E-state index in [2.05, 4.69) is 29.8 Å². The van der Waals surface area contributed by atoms with Gasteiger partial charge in [0.25, 0.3) is 0 Å². The normalized spacial score (nSPS) is 27.8. The second-order valence-electron chi connectivity index (χ2n) is 6.05. The lowest BCUT2D eigenvalue weighted by molar-refractivity contribution is -0.121. The predicted molar refractivity (Wildman–Crippen MR) is 68.8 cm³/mol. The van der Waals surface area contributed by atoms with E-state index in [1.165, 1.54) is 12.8 Å². The lowest BCUT2D eigenvalue weighted by Crippen LogP contribution is -2.53. The molecule has 3 N–H and O–H groups in total. The molecular weight excluding hydrogens is 214 g/mol. The molecule has 1 amide bonds. The average molecular weight is 239 g/mol. The molecule has 1 heterocycles. The minimum atomic E-state index is 0.201. The predicted octanol–water partition coefficient (Wildman–Crippen LogP) is 0.633. The molecule has 1 aliphatic carbocycles. The van der Waals surface area contributed by atoms with E-state index in [9.17, 15) is 4.79 Å². The van der Waals surface area contributed by atoms with Gasteiger partial charge in [-0.3, -0.25) is 4.79 Å². The molecule has 1 saturated heterocycles. The number of amides is 1. The molecule has 1 aliphatic heterocycles. The minimum Gasteiger partial charge on any atom is -0.353 e. The molecule has 17 heavy (non-hydrogen) atoms. The van der Waals surface area contributed by atoms with E-state index in [0.29, 0.717) is 18.5 Å². The Morgan fingerprint density at radius 1 is 1.35 bits per heavy atom. The van der Waals surface area contributed by atoms with E-state index < -0.39 is 0 Å². The Kier molecular flexibility index (Phi) is 4.05. The van der Waals surface area contributed by atoms with Crippen molar-refractivity contribution >= 4 is 5.91 Å². The number of hydrogen-bond acceptors (Lipinski definition) is 3. The lowest BCUT2D eigenvalue weighted by atomic mass is 9.80. The summed E-state index contributed by atoms with van der Waals surface area (Å²) in [6.45, 7) is 7.49. The van der Waals surface area contributed by atoms with Gasteiger partial charge >= 0.3 is 0 Å². The van der Waals surface area contributed by atoms with E-state index in [4.69, 9.17) is 0 Å². The minimum absolute atomic E-state index is 0.201. The summed E-state index contributed by atoms with van der Waals surface area (Å²) in [7, 11) is 0. The molecule has 1 saturated carbocycles. The molecule has 98 valence electrons. The number of carbonyl (C=O) groups excluding carboxylic acids is 1. The number of nitrogens with one attached hydrogen (secondary N) is 3. The first-order chi connectivity index (χ1) is 8.08. The van der Waals surface area contributed by atoms with Gasteiger partial charge in [-0.05, 0) is 31.2 Å². The quantitative estimate of drug-likeness (QED) is 0.660. The first-order valence-electron chi connectivity index (χ1n) is 6.81. The van der Waals surface area contributed by atoms with Gasteiger partial charge in [0.1, 0.15) is 0 Å². The van der Waals surface area contributed by atoms with Gasteiger partial charge in [0.05, 0.1) is 0 Å². The smallest absolute Gasteiger partial charge is 0.221 e. The van der Waals surface area contributed by atoms with Crippen molar-refractivity contribution in [1.29, 1.82) is 0 Å². The Morgan fingerprint density at radius 3 is 2.76 bits per heavy atom. The number of piperidine rings is 1. The van der Waals surface area contributed by atoms with Crippen LogP contribution < -0.4 is 16.0 Å². The molecule has 4 nitrogen and oxygen atoms in total. The topological polar surface area (TPSA) is 53.2 Å². The Morgan fingerprint density at radius 2 is 2.12 bits per heavy atom. The van der Waals surface area contributed by atoms with Crippen LogP contribution in [0.15, 0.2) is 0 Å². The van der Waals surface area contributed by atoms with E-state index in [1.54, 1.807) is 0 Å². The zero-order valence-corrected chi connectivity index (χ0v) is 11.0. The van der Waals surface area contributed by atoms with Gasteiger partial charge in [-0.15, -0.1) is 0 Å². The second-order valence-corrected chi connectivity index (χ2v) is 6.05. The summed E-state index contributed by atoms with van der Waals surface area (Å²) in [6, 6.07) is 1.01. The van der Waals surface area contributed by atoms with Crippen molar-refractivity contribution in [3.05, 3.63) is 0 Å². The summed E-state index contributed by atoms with van der Waals surface area (Å²) in [5.74, 6) is 0.201. The molecule has 0 radical (unpaired) electrons. The maximum Gasteiger partial charge on any atom is 0.221 e. The Bertz CT molecular complexity index is 274. The highest BCUT2D eigenvalue weighted by Gasteiger charge is 2.31. The first-order valence-corrected chi connectivity index (χ1v) is 6.81. The molecule has 2 aliphatic rings. The average Bonchev–Trinajstić information content (AvgIpc) is 3.04. The fourth-order valence-corrected chi connectivity index (χ4v) is 2.44. The molecule has 0 aromatic carbocycles. The molecule has 1 atom stereocenters. The fraction of sp³-hybridized carbons (Fsp3) is 0.923. The summed E-state index contributed by atoms with van der Waals surface area (Å²) in [6.07, 6.45) is 4.09. The van der Waals surface area contributed by atoms with Crippen LogP contribution in [0.2, 0.25) is 0 Å². The van der Waals surface area contributed by atoms with Gasteiger partial charge in [0.15, 0.2) is 0 Å². The van der Waals surface area contributed by atoms with Crippen LogP contribution in [0.25, 0.3) is 0 Å². The molecule has 2 fully saturated rings. The molecule has 1 unspecified atom stereocenters. The van der Waals surface area contributed by atoms with E-state index >= 15 is 0 Å². The first kappa shape index (κ1) is 12.8. The molecule has 0 spiro atoms. The van der Waals surface area contributed by atoms with E-state index in [1.807, 2.05) is 0 Å². The van der Waals surface area contributed by atoms with Crippen molar-refractivity contribution in [2.75, 3.05) is 19.6 Å². The fourth-order valence-electron chi connectivity index (χ4n) is 2.44. The van der Waals surface area contributed by atoms with Gasteiger partial charge in [-0.1, -0.05) is 13.8 Å². The maximum absolute atomic E-state index is 11.5. The van der Waals surface area contributed by atoms with Crippen LogP contribution in [0, 0.1) is 5.41 Å². The van der Waals surface area contributed by atoms with Gasteiger partial charge in [0, 0.05) is 31.6 Å². The van der Waals surface area contributed by atoms with E-state index in [0.717, 1.165) is 26.1 Å². The van der Waals surface area contributed by atoms with Crippen LogP contribution in [0.4, 0.5) is 0 Å². The highest BCUT2D eigenvalue weighted by molar-refractivity contribution is 5.76. The third-order valence-corrected chi connectivity index (χ3v) is 3.82. The Balaban J connectivity index is 1.64. The van der Waals surface area contributed by atoms with Gasteiger partial charge in [0.2, 0.25) is 5.91 Å². The lowest BCUT2D eigenvalue weighted by Gasteiger charge is -2.39. The summed E-state index contributed by atoms with van der Waals surface area (Å²) >= 11 is 0. The van der Waals surface area contributed by atoms with E-state index in [-0.39, 0.29) is 11.3 Å². The molecule has 4 heteroatoms. The molecular formula is C13H25N3O. The highest BCUT2D eigenvalue weighted by Crippen LogP contribution is 2.24. The van der Waals surface area contributed by atoms with Crippen molar-refractivity contribution in [3.8, 4) is 0 Å². The summed E-state index contributed by atoms with van der Waals surface area (Å²) in [4.78, 5) is 11.5. The monoisotopic (exact) mass is 239 g/mol. The zero-order chi connectivity index (χ0) is 12.3. The summed E-state index contributed by atoms with van der Waals surface area (Å²) in [5.41, 5.74) is 0.283. The summed E-state index contributed by atoms with van der Waals surface area (Å²) < 4.78 is 0. The van der Waals surface area contributed by atoms with Crippen LogP contribution in [0.5, 0.6) is 0 Å². The van der Waals surface area contributed by atoms with Crippen molar-refractivity contribution in [1.82, 2.24) is 16.0 Å².